The van der Waals surface area contributed by atoms with Crippen molar-refractivity contribution in [1.29, 1.82) is 0 Å². The molecule has 0 aliphatic carbocycles. The number of aromatic nitrogens is 1. The quantitative estimate of drug-likeness (QED) is 0.124. The molecule has 48 heavy (non-hydrogen) atoms. The highest BCUT2D eigenvalue weighted by molar-refractivity contribution is 5.96. The number of hydrogen-bond donors (Lipinski definition) is 5. The second kappa shape index (κ2) is 16.9. The van der Waals surface area contributed by atoms with E-state index in [4.69, 9.17) is 25.1 Å². The van der Waals surface area contributed by atoms with Crippen molar-refractivity contribution in [2.24, 2.45) is 0 Å². The monoisotopic (exact) mass is 669 g/mol. The first-order valence-corrected chi connectivity index (χ1v) is 15.0. The molecule has 1 unspecified atom stereocenters. The number of halogens is 3. The molecule has 0 aliphatic heterocycles. The Labute approximate surface area is 275 Å². The summed E-state index contributed by atoms with van der Waals surface area (Å²) in [6, 6.07) is 19.5. The molecular formula is C34H38F3N5O6. The highest BCUT2D eigenvalue weighted by Crippen LogP contribution is 2.33. The third-order valence-corrected chi connectivity index (χ3v) is 6.63. The van der Waals surface area contributed by atoms with Gasteiger partial charge in [0.2, 0.25) is 5.91 Å². The van der Waals surface area contributed by atoms with E-state index in [1.807, 2.05) is 82.3 Å². The Balaban J connectivity index is 0.000000804. The van der Waals surface area contributed by atoms with Gasteiger partial charge in [-0.3, -0.25) is 9.59 Å². The zero-order valence-corrected chi connectivity index (χ0v) is 26.9. The van der Waals surface area contributed by atoms with Crippen molar-refractivity contribution in [1.82, 2.24) is 15.6 Å². The van der Waals surface area contributed by atoms with E-state index in [1.165, 1.54) is 0 Å². The van der Waals surface area contributed by atoms with Crippen molar-refractivity contribution in [2.45, 2.75) is 52.6 Å². The Hall–Kier alpha value is -5.53. The predicted molar refractivity (Wildman–Crippen MR) is 176 cm³/mol. The number of nitrogens with one attached hydrogen (secondary N) is 3. The third-order valence-electron chi connectivity index (χ3n) is 6.63. The molecule has 0 radical (unpaired) electrons. The third kappa shape index (κ3) is 10.2. The van der Waals surface area contributed by atoms with E-state index in [2.05, 4.69) is 20.9 Å². The number of carboxylic acids is 1. The molecular weight excluding hydrogens is 631 g/mol. The van der Waals surface area contributed by atoms with Gasteiger partial charge in [0, 0.05) is 35.9 Å². The van der Waals surface area contributed by atoms with Crippen molar-refractivity contribution in [3.63, 3.8) is 0 Å². The van der Waals surface area contributed by atoms with Gasteiger partial charge in [0.25, 0.3) is 5.91 Å². The Bertz CT molecular complexity index is 1730. The second-order valence-electron chi connectivity index (χ2n) is 10.6. The number of fused-ring (bicyclic) bond motifs is 1. The molecule has 1 aromatic heterocycles. The number of amides is 2. The number of pyridine rings is 1. The highest BCUT2D eigenvalue weighted by atomic mass is 19.4. The molecule has 0 spiro atoms. The summed E-state index contributed by atoms with van der Waals surface area (Å²) in [6.07, 6.45) is -3.47. The molecule has 6 N–H and O–H groups in total. The van der Waals surface area contributed by atoms with Crippen LogP contribution in [-0.4, -0.2) is 53.3 Å². The number of benzene rings is 3. The smallest absolute Gasteiger partial charge is 0.490 e. The lowest BCUT2D eigenvalue weighted by Crippen LogP contribution is -2.34. The summed E-state index contributed by atoms with van der Waals surface area (Å²) in [4.78, 5) is 39.4. The summed E-state index contributed by atoms with van der Waals surface area (Å²) in [7, 11) is 0. The molecule has 11 nitrogen and oxygen atoms in total. The van der Waals surface area contributed by atoms with E-state index in [1.54, 1.807) is 18.3 Å². The van der Waals surface area contributed by atoms with Crippen molar-refractivity contribution in [3.05, 3.63) is 89.6 Å². The van der Waals surface area contributed by atoms with Gasteiger partial charge in [-0.2, -0.15) is 13.2 Å². The molecule has 4 rings (SSSR count). The fourth-order valence-corrected chi connectivity index (χ4v) is 4.52. The van der Waals surface area contributed by atoms with Crippen LogP contribution in [0.3, 0.4) is 0 Å². The van der Waals surface area contributed by atoms with Crippen molar-refractivity contribution >= 4 is 40.1 Å². The molecule has 0 saturated carbocycles. The molecule has 2 amide bonds. The van der Waals surface area contributed by atoms with Gasteiger partial charge in [0.15, 0.2) is 11.5 Å². The number of carbonyl (C=O) groups excluding carboxylic acids is 2. The minimum Gasteiger partial charge on any atom is -0.490 e. The molecule has 1 atom stereocenters. The predicted octanol–water partition coefficient (Wildman–Crippen LogP) is 5.86. The Morgan fingerprint density at radius 1 is 0.958 bits per heavy atom. The normalized spacial score (nSPS) is 11.6. The van der Waals surface area contributed by atoms with Crippen LogP contribution in [0.15, 0.2) is 72.9 Å². The Morgan fingerprint density at radius 3 is 2.31 bits per heavy atom. The standard InChI is InChI=1S/C32H37N5O4.C2HF3O2/c1-5-34-31(38)26-10-8-7-9-23(26)19-36-32(39)29(22-11-14-27(41-20(3)4)28(18-22)40-6-2)37-24-12-13-25-21(17-24)15-16-35-30(25)33;3-2(4,5)1(6)7/h7-18,20,29,37H,5-6,19H2,1-4H3,(H2,33,35)(H,34,38)(H,36,39);(H,6,7). The van der Waals surface area contributed by atoms with Crippen LogP contribution in [0.25, 0.3) is 10.8 Å². The van der Waals surface area contributed by atoms with Gasteiger partial charge >= 0.3 is 12.1 Å². The van der Waals surface area contributed by atoms with Gasteiger partial charge in [0.1, 0.15) is 11.9 Å². The van der Waals surface area contributed by atoms with E-state index in [0.717, 1.165) is 22.0 Å². The van der Waals surface area contributed by atoms with Gasteiger partial charge in [-0.15, -0.1) is 0 Å². The largest absolute Gasteiger partial charge is 0.490 e. The Morgan fingerprint density at radius 2 is 1.67 bits per heavy atom. The number of nitrogen functional groups attached to an aromatic ring is 1. The summed E-state index contributed by atoms with van der Waals surface area (Å²) < 4.78 is 43.5. The first-order valence-electron chi connectivity index (χ1n) is 15.0. The van der Waals surface area contributed by atoms with E-state index in [-0.39, 0.29) is 24.5 Å². The summed E-state index contributed by atoms with van der Waals surface area (Å²) in [6.45, 7) is 8.79. The van der Waals surface area contributed by atoms with Gasteiger partial charge < -0.3 is 36.3 Å². The zero-order chi connectivity index (χ0) is 35.4. The lowest BCUT2D eigenvalue weighted by molar-refractivity contribution is -0.192. The van der Waals surface area contributed by atoms with Crippen LogP contribution in [0.2, 0.25) is 0 Å². The molecule has 14 heteroatoms. The summed E-state index contributed by atoms with van der Waals surface area (Å²) in [5.41, 5.74) is 8.69. The first-order chi connectivity index (χ1) is 22.7. The molecule has 0 saturated heterocycles. The maximum absolute atomic E-state index is 13.8. The van der Waals surface area contributed by atoms with Crippen molar-refractivity contribution < 1.29 is 42.1 Å². The lowest BCUT2D eigenvalue weighted by atomic mass is 10.0. The number of rotatable bonds is 12. The molecule has 1 heterocycles. The van der Waals surface area contributed by atoms with Gasteiger partial charge in [-0.25, -0.2) is 9.78 Å². The molecule has 256 valence electrons. The highest BCUT2D eigenvalue weighted by Gasteiger charge is 2.38. The zero-order valence-electron chi connectivity index (χ0n) is 26.9. The number of nitrogens with zero attached hydrogens (tertiary/aromatic N) is 1. The fraction of sp³-hybridized carbons (Fsp3) is 0.294. The number of alkyl halides is 3. The summed E-state index contributed by atoms with van der Waals surface area (Å²) in [5.74, 6) is -1.61. The lowest BCUT2D eigenvalue weighted by Gasteiger charge is -2.23. The number of hydrogen-bond acceptors (Lipinski definition) is 8. The van der Waals surface area contributed by atoms with E-state index < -0.39 is 18.2 Å². The summed E-state index contributed by atoms with van der Waals surface area (Å²) >= 11 is 0. The molecule has 0 fully saturated rings. The van der Waals surface area contributed by atoms with Crippen LogP contribution in [0.1, 0.15) is 55.2 Å². The minimum atomic E-state index is -5.08. The number of aliphatic carboxylic acids is 1. The van der Waals surface area contributed by atoms with Gasteiger partial charge in [-0.1, -0.05) is 24.3 Å². The number of carbonyl (C=O) groups is 3. The Kier molecular flexibility index (Phi) is 13.0. The fourth-order valence-electron chi connectivity index (χ4n) is 4.52. The van der Waals surface area contributed by atoms with Gasteiger partial charge in [0.05, 0.1) is 12.7 Å². The second-order valence-corrected chi connectivity index (χ2v) is 10.6. The van der Waals surface area contributed by atoms with Crippen LogP contribution in [0.4, 0.5) is 24.7 Å². The maximum atomic E-state index is 13.8. The molecule has 4 aromatic rings. The SMILES string of the molecule is CCNC(=O)c1ccccc1CNC(=O)C(Nc1ccc2c(N)nccc2c1)c1ccc(OC(C)C)c(OCC)c1.O=C(O)C(F)(F)F. The summed E-state index contributed by atoms with van der Waals surface area (Å²) in [5, 5.41) is 18.1. The van der Waals surface area contributed by atoms with Crippen LogP contribution < -0.4 is 31.2 Å². The minimum absolute atomic E-state index is 0.0400. The van der Waals surface area contributed by atoms with Crippen molar-refractivity contribution in [2.75, 3.05) is 24.2 Å². The molecule has 0 bridgehead atoms. The number of carboxylic acid groups (broad SMARTS) is 1. The number of nitrogens with two attached hydrogens (primary N) is 1. The van der Waals surface area contributed by atoms with Crippen LogP contribution >= 0.6 is 0 Å². The van der Waals surface area contributed by atoms with Crippen LogP contribution in [0.5, 0.6) is 11.5 Å². The van der Waals surface area contributed by atoms with E-state index in [0.29, 0.717) is 41.6 Å². The van der Waals surface area contributed by atoms with Crippen LogP contribution in [-0.2, 0) is 16.1 Å². The van der Waals surface area contributed by atoms with Crippen molar-refractivity contribution in [3.8, 4) is 11.5 Å². The first kappa shape index (κ1) is 36.9. The maximum Gasteiger partial charge on any atom is 0.490 e. The number of ether oxygens (including phenoxy) is 2. The van der Waals surface area contributed by atoms with Gasteiger partial charge in [-0.05, 0) is 86.7 Å². The average Bonchev–Trinajstić information content (AvgIpc) is 3.03. The molecule has 0 aliphatic rings. The number of anilines is 2. The average molecular weight is 670 g/mol. The van der Waals surface area contributed by atoms with E-state index in [9.17, 15) is 22.8 Å². The molecule has 3 aromatic carbocycles. The topological polar surface area (TPSA) is 165 Å². The van der Waals surface area contributed by atoms with Crippen LogP contribution in [0, 0.1) is 0 Å². The van der Waals surface area contributed by atoms with E-state index >= 15 is 0 Å².